The molecule has 114 valence electrons. The van der Waals surface area contributed by atoms with Gasteiger partial charge in [-0.15, -0.1) is 10.2 Å². The Morgan fingerprint density at radius 2 is 1.86 bits per heavy atom. The average molecular weight is 306 g/mol. The molecule has 2 rings (SSSR count). The van der Waals surface area contributed by atoms with Crippen LogP contribution >= 0.6 is 11.8 Å². The third-order valence-corrected chi connectivity index (χ3v) is 3.77. The monoisotopic (exact) mass is 306 g/mol. The zero-order valence-electron chi connectivity index (χ0n) is 13.4. The van der Waals surface area contributed by atoms with Gasteiger partial charge in [0, 0.05) is 17.0 Å². The van der Waals surface area contributed by atoms with Crippen molar-refractivity contribution in [3.63, 3.8) is 0 Å². The molecule has 0 aliphatic heterocycles. The van der Waals surface area contributed by atoms with E-state index in [1.165, 1.54) is 16.4 Å². The Balaban J connectivity index is 2.33. The number of rotatable bonds is 3. The van der Waals surface area contributed by atoms with E-state index in [4.69, 9.17) is 5.84 Å². The van der Waals surface area contributed by atoms with Gasteiger partial charge in [0.25, 0.3) is 0 Å². The molecular weight excluding hydrogens is 284 g/mol. The molecule has 0 aliphatic carbocycles. The van der Waals surface area contributed by atoms with Crippen LogP contribution in [0.1, 0.15) is 57.9 Å². The average Bonchev–Trinajstić information content (AvgIpc) is 2.70. The molecule has 6 nitrogen and oxygen atoms in total. The van der Waals surface area contributed by atoms with Crippen LogP contribution in [0, 0.1) is 6.92 Å². The van der Waals surface area contributed by atoms with E-state index >= 15 is 0 Å². The number of hydrogen-bond acceptors (Lipinski definition) is 6. The highest BCUT2D eigenvalue weighted by atomic mass is 32.2. The lowest BCUT2D eigenvalue weighted by Crippen LogP contribution is -2.24. The first kappa shape index (κ1) is 15.8. The van der Waals surface area contributed by atoms with Crippen LogP contribution in [0.4, 0.5) is 0 Å². The Bertz CT molecular complexity index is 641. The molecule has 0 saturated carbocycles. The van der Waals surface area contributed by atoms with Crippen molar-refractivity contribution in [1.82, 2.24) is 24.8 Å². The minimum absolute atomic E-state index is 0.148. The van der Waals surface area contributed by atoms with E-state index in [1.54, 1.807) is 0 Å². The molecule has 0 amide bonds. The summed E-state index contributed by atoms with van der Waals surface area (Å²) in [4.78, 5) is 9.00. The molecule has 0 aromatic carbocycles. The van der Waals surface area contributed by atoms with Crippen molar-refractivity contribution in [3.8, 4) is 0 Å². The molecule has 0 atom stereocenters. The molecule has 0 spiro atoms. The van der Waals surface area contributed by atoms with Gasteiger partial charge in [0.15, 0.2) is 5.82 Å². The SMILES string of the molecule is Cc1cc(Sc2nnc(C(C)(C)C)n2N)nc(C(C)C)n1. The quantitative estimate of drug-likeness (QED) is 0.693. The second-order valence-electron chi connectivity index (χ2n) is 6.39. The Kier molecular flexibility index (Phi) is 4.22. The van der Waals surface area contributed by atoms with Crippen molar-refractivity contribution in [2.24, 2.45) is 0 Å². The maximum Gasteiger partial charge on any atom is 0.216 e. The summed E-state index contributed by atoms with van der Waals surface area (Å²) < 4.78 is 1.54. The minimum Gasteiger partial charge on any atom is -0.336 e. The Morgan fingerprint density at radius 3 is 2.38 bits per heavy atom. The Morgan fingerprint density at radius 1 is 1.19 bits per heavy atom. The molecule has 0 radical (unpaired) electrons. The van der Waals surface area contributed by atoms with Crippen LogP contribution in [0.2, 0.25) is 0 Å². The molecule has 0 fully saturated rings. The largest absolute Gasteiger partial charge is 0.336 e. The molecule has 2 N–H and O–H groups in total. The van der Waals surface area contributed by atoms with Gasteiger partial charge in [0.1, 0.15) is 10.9 Å². The fraction of sp³-hybridized carbons (Fsp3) is 0.571. The lowest BCUT2D eigenvalue weighted by atomic mass is 9.96. The first-order valence-corrected chi connectivity index (χ1v) is 7.74. The number of nitrogens with two attached hydrogens (primary N) is 1. The van der Waals surface area contributed by atoms with Gasteiger partial charge in [-0.1, -0.05) is 34.6 Å². The molecule has 0 unspecified atom stereocenters. The number of nitrogen functional groups attached to an aromatic ring is 1. The van der Waals surface area contributed by atoms with E-state index < -0.39 is 0 Å². The lowest BCUT2D eigenvalue weighted by molar-refractivity contribution is 0.523. The highest BCUT2D eigenvalue weighted by Gasteiger charge is 2.23. The fourth-order valence-corrected chi connectivity index (χ4v) is 2.65. The third-order valence-electron chi connectivity index (χ3n) is 2.90. The number of aromatic nitrogens is 5. The van der Waals surface area contributed by atoms with Gasteiger partial charge in [-0.25, -0.2) is 14.6 Å². The number of hydrogen-bond donors (Lipinski definition) is 1. The summed E-state index contributed by atoms with van der Waals surface area (Å²) in [5, 5.41) is 9.83. The van der Waals surface area contributed by atoms with Crippen LogP contribution in [-0.2, 0) is 5.41 Å². The van der Waals surface area contributed by atoms with Gasteiger partial charge in [-0.3, -0.25) is 0 Å². The molecule has 21 heavy (non-hydrogen) atoms. The summed E-state index contributed by atoms with van der Waals surface area (Å²) >= 11 is 1.41. The van der Waals surface area contributed by atoms with Crippen LogP contribution in [-0.4, -0.2) is 24.8 Å². The Labute approximate surface area is 129 Å². The van der Waals surface area contributed by atoms with Crippen LogP contribution in [0.25, 0.3) is 0 Å². The summed E-state index contributed by atoms with van der Waals surface area (Å²) in [5.74, 6) is 7.96. The van der Waals surface area contributed by atoms with Crippen LogP contribution in [0.15, 0.2) is 16.2 Å². The fourth-order valence-electron chi connectivity index (χ4n) is 1.82. The standard InChI is InChI=1S/C14H22N6S/c1-8(2)11-16-9(3)7-10(17-11)21-13-19-18-12(20(13)15)14(4,5)6/h7-8H,15H2,1-6H3. The number of aryl methyl sites for hydroxylation is 1. The highest BCUT2D eigenvalue weighted by Crippen LogP contribution is 2.28. The highest BCUT2D eigenvalue weighted by molar-refractivity contribution is 7.99. The summed E-state index contributed by atoms with van der Waals surface area (Å²) in [6, 6.07) is 1.93. The van der Waals surface area contributed by atoms with E-state index in [1.807, 2.05) is 13.0 Å². The van der Waals surface area contributed by atoms with Crippen molar-refractivity contribution >= 4 is 11.8 Å². The van der Waals surface area contributed by atoms with Gasteiger partial charge in [0.2, 0.25) is 5.16 Å². The third kappa shape index (κ3) is 3.53. The molecule has 0 aliphatic rings. The first-order valence-electron chi connectivity index (χ1n) is 6.93. The molecule has 2 aromatic heterocycles. The van der Waals surface area contributed by atoms with Crippen molar-refractivity contribution < 1.29 is 0 Å². The number of nitrogens with zero attached hydrogens (tertiary/aromatic N) is 5. The second kappa shape index (κ2) is 5.63. The zero-order valence-corrected chi connectivity index (χ0v) is 14.2. The predicted molar refractivity (Wildman–Crippen MR) is 83.9 cm³/mol. The second-order valence-corrected chi connectivity index (χ2v) is 7.38. The topological polar surface area (TPSA) is 82.5 Å². The minimum atomic E-state index is -0.148. The van der Waals surface area contributed by atoms with Crippen molar-refractivity contribution in [2.75, 3.05) is 5.84 Å². The Hall–Kier alpha value is -1.63. The molecule has 2 heterocycles. The maximum absolute atomic E-state index is 6.10. The molecule has 0 bridgehead atoms. The molecule has 0 saturated heterocycles. The molecule has 7 heteroatoms. The van der Waals surface area contributed by atoms with Crippen LogP contribution in [0.5, 0.6) is 0 Å². The van der Waals surface area contributed by atoms with Crippen LogP contribution in [0.3, 0.4) is 0 Å². The van der Waals surface area contributed by atoms with Crippen molar-refractivity contribution in [2.45, 2.75) is 63.1 Å². The van der Waals surface area contributed by atoms with Gasteiger partial charge >= 0.3 is 0 Å². The first-order chi connectivity index (χ1) is 9.68. The van der Waals surface area contributed by atoms with Gasteiger partial charge in [0.05, 0.1) is 0 Å². The van der Waals surface area contributed by atoms with E-state index in [0.717, 1.165) is 22.4 Å². The van der Waals surface area contributed by atoms with Crippen molar-refractivity contribution in [3.05, 3.63) is 23.4 Å². The van der Waals surface area contributed by atoms with E-state index in [0.29, 0.717) is 5.16 Å². The summed E-state index contributed by atoms with van der Waals surface area (Å²) in [6.07, 6.45) is 0. The molecular formula is C14H22N6S. The zero-order chi connectivity index (χ0) is 15.8. The summed E-state index contributed by atoms with van der Waals surface area (Å²) in [6.45, 7) is 12.3. The lowest BCUT2D eigenvalue weighted by Gasteiger charge is -2.16. The maximum atomic E-state index is 6.10. The van der Waals surface area contributed by atoms with Gasteiger partial charge in [-0.2, -0.15) is 0 Å². The van der Waals surface area contributed by atoms with Gasteiger partial charge < -0.3 is 5.84 Å². The normalized spacial score (nSPS) is 12.1. The van der Waals surface area contributed by atoms with E-state index in [2.05, 4.69) is 54.8 Å². The summed E-state index contributed by atoms with van der Waals surface area (Å²) in [5.41, 5.74) is 0.793. The van der Waals surface area contributed by atoms with Crippen LogP contribution < -0.4 is 5.84 Å². The van der Waals surface area contributed by atoms with Gasteiger partial charge in [-0.05, 0) is 24.8 Å². The summed E-state index contributed by atoms with van der Waals surface area (Å²) in [7, 11) is 0. The predicted octanol–water partition coefficient (Wildman–Crippen LogP) is 2.66. The smallest absolute Gasteiger partial charge is 0.216 e. The van der Waals surface area contributed by atoms with E-state index in [9.17, 15) is 0 Å². The molecule has 2 aromatic rings. The van der Waals surface area contributed by atoms with E-state index in [-0.39, 0.29) is 11.3 Å². The van der Waals surface area contributed by atoms with Crippen molar-refractivity contribution in [1.29, 1.82) is 0 Å².